The monoisotopic (exact) mass is 306 g/mol. The van der Waals surface area contributed by atoms with Crippen molar-refractivity contribution in [1.82, 2.24) is 15.4 Å². The highest BCUT2D eigenvalue weighted by molar-refractivity contribution is 5.93. The summed E-state index contributed by atoms with van der Waals surface area (Å²) in [6, 6.07) is 1.51. The average molecular weight is 306 g/mol. The van der Waals surface area contributed by atoms with Crippen molar-refractivity contribution in [2.45, 2.75) is 38.1 Å². The van der Waals surface area contributed by atoms with Crippen LogP contribution in [0.3, 0.4) is 0 Å². The van der Waals surface area contributed by atoms with E-state index in [1.165, 1.54) is 23.7 Å². The van der Waals surface area contributed by atoms with E-state index in [4.69, 9.17) is 0 Å². The van der Waals surface area contributed by atoms with Crippen LogP contribution >= 0.6 is 0 Å². The number of anilines is 1. The van der Waals surface area contributed by atoms with Gasteiger partial charge in [0.2, 0.25) is 5.91 Å². The van der Waals surface area contributed by atoms with E-state index in [0.29, 0.717) is 12.4 Å². The van der Waals surface area contributed by atoms with Gasteiger partial charge in [-0.05, 0) is 12.8 Å². The Labute approximate surface area is 129 Å². The van der Waals surface area contributed by atoms with Gasteiger partial charge in [0.15, 0.2) is 5.82 Å². The quantitative estimate of drug-likeness (QED) is 0.788. The molecular weight excluding hydrogens is 284 g/mol. The molecule has 22 heavy (non-hydrogen) atoms. The zero-order chi connectivity index (χ0) is 15.8. The number of urea groups is 1. The second-order valence-corrected chi connectivity index (χ2v) is 5.39. The summed E-state index contributed by atoms with van der Waals surface area (Å²) in [5.74, 6) is 0.00536. The van der Waals surface area contributed by atoms with Crippen molar-refractivity contribution in [2.24, 2.45) is 0 Å². The molecule has 1 fully saturated rings. The van der Waals surface area contributed by atoms with Crippen molar-refractivity contribution in [3.63, 3.8) is 0 Å². The smallest absolute Gasteiger partial charge is 0.318 e. The summed E-state index contributed by atoms with van der Waals surface area (Å²) in [6.07, 6.45) is 8.47. The molecule has 1 aromatic heterocycles. The number of aromatic nitrogens is 1. The van der Waals surface area contributed by atoms with E-state index in [1.807, 2.05) is 0 Å². The number of nitrogens with one attached hydrogen (secondary N) is 2. The lowest BCUT2D eigenvalue weighted by Crippen LogP contribution is -2.48. The van der Waals surface area contributed by atoms with Gasteiger partial charge in [-0.2, -0.15) is 0 Å². The molecule has 2 N–H and O–H groups in total. The minimum atomic E-state index is -0.324. The van der Waals surface area contributed by atoms with Crippen LogP contribution in [0.4, 0.5) is 10.6 Å². The fraction of sp³-hybridized carbons (Fsp3) is 0.533. The van der Waals surface area contributed by atoms with Crippen LogP contribution in [0.5, 0.6) is 0 Å². The molecule has 7 nitrogen and oxygen atoms in total. The van der Waals surface area contributed by atoms with E-state index in [-0.39, 0.29) is 24.5 Å². The Morgan fingerprint density at radius 1 is 1.41 bits per heavy atom. The fourth-order valence-electron chi connectivity index (χ4n) is 2.52. The van der Waals surface area contributed by atoms with Crippen LogP contribution in [0.15, 0.2) is 29.5 Å². The van der Waals surface area contributed by atoms with Gasteiger partial charge >= 0.3 is 6.03 Å². The third-order valence-corrected chi connectivity index (χ3v) is 3.61. The summed E-state index contributed by atoms with van der Waals surface area (Å²) in [5, 5.41) is 9.16. The maximum Gasteiger partial charge on any atom is 0.318 e. The van der Waals surface area contributed by atoms with Crippen molar-refractivity contribution in [3.8, 4) is 0 Å². The van der Waals surface area contributed by atoms with Crippen LogP contribution < -0.4 is 10.6 Å². The Bertz CT molecular complexity index is 495. The molecule has 1 aromatic rings. The van der Waals surface area contributed by atoms with E-state index >= 15 is 0 Å². The summed E-state index contributed by atoms with van der Waals surface area (Å²) < 4.78 is 4.64. The Morgan fingerprint density at radius 3 is 2.82 bits per heavy atom. The lowest BCUT2D eigenvalue weighted by molar-refractivity contribution is -0.116. The molecule has 0 aromatic carbocycles. The highest BCUT2D eigenvalue weighted by atomic mass is 16.5. The van der Waals surface area contributed by atoms with Crippen molar-refractivity contribution < 1.29 is 14.1 Å². The molecule has 2 rings (SSSR count). The summed E-state index contributed by atoms with van der Waals surface area (Å²) >= 11 is 0. The summed E-state index contributed by atoms with van der Waals surface area (Å²) in [4.78, 5) is 25.7. The van der Waals surface area contributed by atoms with E-state index in [9.17, 15) is 9.59 Å². The highest BCUT2D eigenvalue weighted by Crippen LogP contribution is 2.17. The summed E-state index contributed by atoms with van der Waals surface area (Å²) in [5.41, 5.74) is 0. The zero-order valence-electron chi connectivity index (χ0n) is 12.6. The molecule has 0 bridgehead atoms. The zero-order valence-corrected chi connectivity index (χ0v) is 12.6. The SMILES string of the molecule is C=CCN(CC(=O)Nc1ccon1)C(=O)NC1CCCCC1. The number of nitrogens with zero attached hydrogens (tertiary/aromatic N) is 2. The molecule has 0 atom stereocenters. The number of rotatable bonds is 6. The van der Waals surface area contributed by atoms with Gasteiger partial charge in [0.25, 0.3) is 0 Å². The minimum absolute atomic E-state index is 0.0581. The predicted octanol–water partition coefficient (Wildman–Crippen LogP) is 2.14. The third kappa shape index (κ3) is 4.91. The number of hydrogen-bond acceptors (Lipinski definition) is 4. The lowest BCUT2D eigenvalue weighted by Gasteiger charge is -2.27. The number of carbonyl (C=O) groups is 2. The van der Waals surface area contributed by atoms with Crippen LogP contribution in [0.2, 0.25) is 0 Å². The van der Waals surface area contributed by atoms with Gasteiger partial charge in [-0.3, -0.25) is 4.79 Å². The Hall–Kier alpha value is -2.31. The largest absolute Gasteiger partial charge is 0.363 e. The van der Waals surface area contributed by atoms with Crippen molar-refractivity contribution in [3.05, 3.63) is 25.0 Å². The first kappa shape index (κ1) is 16.1. The summed E-state index contributed by atoms with van der Waals surface area (Å²) in [7, 11) is 0. The van der Waals surface area contributed by atoms with Gasteiger partial charge in [-0.1, -0.05) is 30.5 Å². The van der Waals surface area contributed by atoms with Crippen LogP contribution in [0.1, 0.15) is 32.1 Å². The Morgan fingerprint density at radius 2 is 2.18 bits per heavy atom. The molecule has 1 aliphatic rings. The highest BCUT2D eigenvalue weighted by Gasteiger charge is 2.21. The van der Waals surface area contributed by atoms with Crippen LogP contribution in [-0.4, -0.2) is 41.1 Å². The van der Waals surface area contributed by atoms with E-state index in [2.05, 4.69) is 26.9 Å². The molecule has 0 spiro atoms. The average Bonchev–Trinajstić information content (AvgIpc) is 3.00. The molecule has 0 saturated heterocycles. The third-order valence-electron chi connectivity index (χ3n) is 3.61. The first-order chi connectivity index (χ1) is 10.7. The normalized spacial score (nSPS) is 15.1. The van der Waals surface area contributed by atoms with E-state index < -0.39 is 0 Å². The molecule has 0 radical (unpaired) electrons. The second kappa shape index (κ2) is 8.21. The van der Waals surface area contributed by atoms with Crippen molar-refractivity contribution >= 4 is 17.8 Å². The molecule has 1 aliphatic carbocycles. The fourth-order valence-corrected chi connectivity index (χ4v) is 2.52. The molecule has 120 valence electrons. The van der Waals surface area contributed by atoms with Crippen molar-refractivity contribution in [1.29, 1.82) is 0 Å². The molecular formula is C15H22N4O3. The summed E-state index contributed by atoms with van der Waals surface area (Å²) in [6.45, 7) is 3.88. The van der Waals surface area contributed by atoms with E-state index in [1.54, 1.807) is 6.08 Å². The van der Waals surface area contributed by atoms with Crippen LogP contribution in [-0.2, 0) is 4.79 Å². The minimum Gasteiger partial charge on any atom is -0.363 e. The van der Waals surface area contributed by atoms with Gasteiger partial charge in [0.05, 0.1) is 0 Å². The molecule has 1 heterocycles. The van der Waals surface area contributed by atoms with Gasteiger partial charge in [0, 0.05) is 18.7 Å². The maximum absolute atomic E-state index is 12.3. The van der Waals surface area contributed by atoms with Gasteiger partial charge < -0.3 is 20.1 Å². The standard InChI is InChI=1S/C15H22N4O3/c1-2-9-19(11-14(20)17-13-8-10-22-18-13)15(21)16-12-6-4-3-5-7-12/h2,8,10,12H,1,3-7,9,11H2,(H,16,21)(H,17,18,20). The number of carbonyl (C=O) groups excluding carboxylic acids is 2. The molecule has 1 saturated carbocycles. The maximum atomic E-state index is 12.3. The first-order valence-electron chi connectivity index (χ1n) is 7.55. The first-order valence-corrected chi connectivity index (χ1v) is 7.55. The van der Waals surface area contributed by atoms with Crippen LogP contribution in [0, 0.1) is 0 Å². The Kier molecular flexibility index (Phi) is 6.00. The Balaban J connectivity index is 1.85. The van der Waals surface area contributed by atoms with Crippen LogP contribution in [0.25, 0.3) is 0 Å². The molecule has 0 aliphatic heterocycles. The lowest BCUT2D eigenvalue weighted by atomic mass is 9.96. The molecule has 3 amide bonds. The topological polar surface area (TPSA) is 87.5 Å². The molecule has 7 heteroatoms. The van der Waals surface area contributed by atoms with Crippen molar-refractivity contribution in [2.75, 3.05) is 18.4 Å². The predicted molar refractivity (Wildman–Crippen MR) is 82.3 cm³/mol. The molecule has 0 unspecified atom stereocenters. The van der Waals surface area contributed by atoms with E-state index in [0.717, 1.165) is 25.7 Å². The second-order valence-electron chi connectivity index (χ2n) is 5.39. The van der Waals surface area contributed by atoms with Gasteiger partial charge in [-0.25, -0.2) is 4.79 Å². The van der Waals surface area contributed by atoms with Gasteiger partial charge in [-0.15, -0.1) is 6.58 Å². The van der Waals surface area contributed by atoms with Gasteiger partial charge in [0.1, 0.15) is 12.8 Å². The number of amides is 3. The number of hydrogen-bond donors (Lipinski definition) is 2.